The largest absolute Gasteiger partial charge is 0.471 e. The lowest BCUT2D eigenvalue weighted by molar-refractivity contribution is 0.0526. The van der Waals surface area contributed by atoms with Crippen molar-refractivity contribution in [2.24, 2.45) is 0 Å². The first kappa shape index (κ1) is 15.7. The predicted octanol–water partition coefficient (Wildman–Crippen LogP) is 2.68. The number of benzene rings is 2. The molecule has 0 aliphatic rings. The van der Waals surface area contributed by atoms with Crippen LogP contribution in [0.3, 0.4) is 0 Å². The Balaban J connectivity index is 1.82. The van der Waals surface area contributed by atoms with Gasteiger partial charge in [0.2, 0.25) is 5.88 Å². The number of hydrogen-bond acceptors (Lipinski definition) is 5. The van der Waals surface area contributed by atoms with Crippen LogP contribution in [0.4, 0.5) is 0 Å². The summed E-state index contributed by atoms with van der Waals surface area (Å²) in [5.41, 5.74) is 1.01. The maximum atomic E-state index is 11.8. The number of carbonyl (C=O) groups is 1. The van der Waals surface area contributed by atoms with Gasteiger partial charge in [0.1, 0.15) is 6.61 Å². The van der Waals surface area contributed by atoms with Crippen molar-refractivity contribution in [3.8, 4) is 5.88 Å². The fraction of sp³-hybridized carbons (Fsp3) is 0.167. The minimum Gasteiger partial charge on any atom is -0.471 e. The summed E-state index contributed by atoms with van der Waals surface area (Å²) < 4.78 is 10.7. The zero-order chi connectivity index (χ0) is 16.9. The van der Waals surface area contributed by atoms with Gasteiger partial charge in [-0.3, -0.25) is 4.79 Å². The standard InChI is InChI=1S/C18H16N2O4/c1-2-23-18(22)13-7-5-6-12(10-13)11-24-17-15-9-4-3-8-14(15)16(21)19-20-17/h3-10H,2,11H2,1H3,(H,19,21). The lowest BCUT2D eigenvalue weighted by Crippen LogP contribution is -2.10. The predicted molar refractivity (Wildman–Crippen MR) is 89.1 cm³/mol. The van der Waals surface area contributed by atoms with Crippen LogP contribution in [-0.4, -0.2) is 22.8 Å². The Kier molecular flexibility index (Phi) is 4.56. The van der Waals surface area contributed by atoms with Gasteiger partial charge in [0.25, 0.3) is 5.56 Å². The van der Waals surface area contributed by atoms with Gasteiger partial charge in [-0.15, -0.1) is 5.10 Å². The van der Waals surface area contributed by atoms with E-state index in [9.17, 15) is 9.59 Å². The molecule has 0 fully saturated rings. The van der Waals surface area contributed by atoms with Crippen molar-refractivity contribution in [1.29, 1.82) is 0 Å². The number of ether oxygens (including phenoxy) is 2. The van der Waals surface area contributed by atoms with Crippen LogP contribution >= 0.6 is 0 Å². The first-order valence-electron chi connectivity index (χ1n) is 7.55. The summed E-state index contributed by atoms with van der Waals surface area (Å²) in [6, 6.07) is 14.1. The molecule has 122 valence electrons. The van der Waals surface area contributed by atoms with Gasteiger partial charge in [0.15, 0.2) is 0 Å². The van der Waals surface area contributed by atoms with Gasteiger partial charge in [-0.05, 0) is 36.8 Å². The van der Waals surface area contributed by atoms with E-state index in [2.05, 4.69) is 10.2 Å². The smallest absolute Gasteiger partial charge is 0.338 e. The topological polar surface area (TPSA) is 81.3 Å². The minimum atomic E-state index is -0.369. The van der Waals surface area contributed by atoms with Crippen LogP contribution in [0.15, 0.2) is 53.3 Å². The van der Waals surface area contributed by atoms with E-state index >= 15 is 0 Å². The van der Waals surface area contributed by atoms with E-state index < -0.39 is 0 Å². The highest BCUT2D eigenvalue weighted by Gasteiger charge is 2.09. The number of carbonyl (C=O) groups excluding carboxylic acids is 1. The third-order valence-electron chi connectivity index (χ3n) is 3.47. The molecule has 1 aromatic heterocycles. The molecule has 3 aromatic rings. The molecule has 6 nitrogen and oxygen atoms in total. The third-order valence-corrected chi connectivity index (χ3v) is 3.47. The molecule has 0 bridgehead atoms. The number of nitrogens with zero attached hydrogens (tertiary/aromatic N) is 1. The van der Waals surface area contributed by atoms with Crippen LogP contribution in [0.5, 0.6) is 5.88 Å². The van der Waals surface area contributed by atoms with Crippen molar-refractivity contribution in [2.45, 2.75) is 13.5 Å². The SMILES string of the molecule is CCOC(=O)c1cccc(COc2n[nH]c(=O)c3ccccc23)c1. The number of H-pyrrole nitrogens is 1. The molecule has 24 heavy (non-hydrogen) atoms. The normalized spacial score (nSPS) is 10.5. The Morgan fingerprint density at radius 3 is 2.71 bits per heavy atom. The summed E-state index contributed by atoms with van der Waals surface area (Å²) >= 11 is 0. The highest BCUT2D eigenvalue weighted by molar-refractivity contribution is 5.89. The molecule has 0 unspecified atom stereocenters. The van der Waals surface area contributed by atoms with E-state index in [1.54, 1.807) is 43.3 Å². The summed E-state index contributed by atoms with van der Waals surface area (Å²) in [5.74, 6) is -0.0290. The highest BCUT2D eigenvalue weighted by atomic mass is 16.5. The zero-order valence-electron chi connectivity index (χ0n) is 13.1. The van der Waals surface area contributed by atoms with Crippen LogP contribution < -0.4 is 10.3 Å². The minimum absolute atomic E-state index is 0.219. The lowest BCUT2D eigenvalue weighted by atomic mass is 10.1. The molecule has 1 heterocycles. The van der Waals surface area contributed by atoms with E-state index in [1.165, 1.54) is 0 Å². The van der Waals surface area contributed by atoms with Gasteiger partial charge in [-0.25, -0.2) is 9.89 Å². The van der Waals surface area contributed by atoms with E-state index in [4.69, 9.17) is 9.47 Å². The molecule has 0 aliphatic heterocycles. The monoisotopic (exact) mass is 324 g/mol. The molecule has 0 amide bonds. The maximum Gasteiger partial charge on any atom is 0.338 e. The van der Waals surface area contributed by atoms with Crippen LogP contribution in [0.25, 0.3) is 10.8 Å². The van der Waals surface area contributed by atoms with Gasteiger partial charge in [0, 0.05) is 0 Å². The van der Waals surface area contributed by atoms with Crippen molar-refractivity contribution in [1.82, 2.24) is 10.2 Å². The van der Waals surface area contributed by atoms with Crippen LogP contribution in [0, 0.1) is 0 Å². The van der Waals surface area contributed by atoms with Gasteiger partial charge in [0.05, 0.1) is 22.9 Å². The lowest BCUT2D eigenvalue weighted by Gasteiger charge is -2.08. The number of aromatic amines is 1. The number of hydrogen-bond donors (Lipinski definition) is 1. The average Bonchev–Trinajstić information content (AvgIpc) is 2.62. The molecule has 0 saturated heterocycles. The van der Waals surface area contributed by atoms with Crippen LogP contribution in [0.1, 0.15) is 22.8 Å². The molecule has 2 aromatic carbocycles. The molecule has 0 spiro atoms. The van der Waals surface area contributed by atoms with Crippen molar-refractivity contribution >= 4 is 16.7 Å². The average molecular weight is 324 g/mol. The van der Waals surface area contributed by atoms with Crippen molar-refractivity contribution in [3.05, 3.63) is 70.0 Å². The fourth-order valence-electron chi connectivity index (χ4n) is 2.35. The molecular weight excluding hydrogens is 308 g/mol. The quantitative estimate of drug-likeness (QED) is 0.730. The van der Waals surface area contributed by atoms with Crippen LogP contribution in [0.2, 0.25) is 0 Å². The number of nitrogens with one attached hydrogen (secondary N) is 1. The molecule has 0 radical (unpaired) electrons. The zero-order valence-corrected chi connectivity index (χ0v) is 13.1. The fourth-order valence-corrected chi connectivity index (χ4v) is 2.35. The molecule has 0 aliphatic carbocycles. The third kappa shape index (κ3) is 3.27. The first-order valence-corrected chi connectivity index (χ1v) is 7.55. The van der Waals surface area contributed by atoms with Gasteiger partial charge in [-0.1, -0.05) is 24.3 Å². The maximum absolute atomic E-state index is 11.8. The number of esters is 1. The Morgan fingerprint density at radius 1 is 1.12 bits per heavy atom. The first-order chi connectivity index (χ1) is 11.7. The molecule has 0 saturated carbocycles. The van der Waals surface area contributed by atoms with E-state index in [1.807, 2.05) is 12.1 Å². The molecule has 1 N–H and O–H groups in total. The summed E-state index contributed by atoms with van der Waals surface area (Å²) in [6.07, 6.45) is 0. The summed E-state index contributed by atoms with van der Waals surface area (Å²) in [7, 11) is 0. The summed E-state index contributed by atoms with van der Waals surface area (Å²) in [6.45, 7) is 2.31. The number of aromatic nitrogens is 2. The molecule has 0 atom stereocenters. The second-order valence-corrected chi connectivity index (χ2v) is 5.11. The second-order valence-electron chi connectivity index (χ2n) is 5.11. The van der Waals surface area contributed by atoms with E-state index in [0.717, 1.165) is 5.56 Å². The Morgan fingerprint density at radius 2 is 1.92 bits per heavy atom. The second kappa shape index (κ2) is 6.95. The van der Waals surface area contributed by atoms with Crippen molar-refractivity contribution in [2.75, 3.05) is 6.61 Å². The Hall–Kier alpha value is -3.15. The van der Waals surface area contributed by atoms with Gasteiger partial charge < -0.3 is 9.47 Å². The Labute approximate surface area is 138 Å². The summed E-state index contributed by atoms with van der Waals surface area (Å²) in [4.78, 5) is 23.5. The van der Waals surface area contributed by atoms with E-state index in [0.29, 0.717) is 28.8 Å². The van der Waals surface area contributed by atoms with E-state index in [-0.39, 0.29) is 18.1 Å². The summed E-state index contributed by atoms with van der Waals surface area (Å²) in [5, 5.41) is 7.54. The highest BCUT2D eigenvalue weighted by Crippen LogP contribution is 2.20. The number of rotatable bonds is 5. The van der Waals surface area contributed by atoms with Gasteiger partial charge >= 0.3 is 5.97 Å². The molecule has 6 heteroatoms. The molecular formula is C18H16N2O4. The Bertz CT molecular complexity index is 933. The van der Waals surface area contributed by atoms with Gasteiger partial charge in [-0.2, -0.15) is 0 Å². The van der Waals surface area contributed by atoms with Crippen molar-refractivity contribution in [3.63, 3.8) is 0 Å². The number of fused-ring (bicyclic) bond motifs is 1. The van der Waals surface area contributed by atoms with Crippen molar-refractivity contribution < 1.29 is 14.3 Å². The van der Waals surface area contributed by atoms with Crippen LogP contribution in [-0.2, 0) is 11.3 Å². The molecule has 3 rings (SSSR count).